The summed E-state index contributed by atoms with van der Waals surface area (Å²) in [7, 11) is 0. The molecule has 0 bridgehead atoms. The minimum absolute atomic E-state index is 0.131. The van der Waals surface area contributed by atoms with Crippen LogP contribution in [0.25, 0.3) is 0 Å². The lowest BCUT2D eigenvalue weighted by Crippen LogP contribution is -2.46. The highest BCUT2D eigenvalue weighted by atomic mass is 16.5. The first kappa shape index (κ1) is 14.2. The van der Waals surface area contributed by atoms with Gasteiger partial charge in [0.25, 0.3) is 11.8 Å². The molecule has 0 radical (unpaired) electrons. The Morgan fingerprint density at radius 1 is 1.15 bits per heavy atom. The van der Waals surface area contributed by atoms with Gasteiger partial charge in [-0.2, -0.15) is 0 Å². The Morgan fingerprint density at radius 2 is 1.65 bits per heavy atom. The number of benzene rings is 1. The summed E-state index contributed by atoms with van der Waals surface area (Å²) >= 11 is 0. The van der Waals surface area contributed by atoms with Crippen molar-refractivity contribution in [1.82, 2.24) is 0 Å². The number of anilines is 1. The lowest BCUT2D eigenvalue weighted by molar-refractivity contribution is -0.142. The highest BCUT2D eigenvalue weighted by Gasteiger charge is 2.31. The Kier molecular flexibility index (Phi) is 3.59. The number of hydrogen-bond acceptors (Lipinski definition) is 4. The maximum absolute atomic E-state index is 11.7. The summed E-state index contributed by atoms with van der Waals surface area (Å²) in [5.41, 5.74) is -0.00692. The van der Waals surface area contributed by atoms with Gasteiger partial charge in [0, 0.05) is 0 Å². The number of imide groups is 1. The van der Waals surface area contributed by atoms with Crippen molar-refractivity contribution in [2.24, 2.45) is 0 Å². The van der Waals surface area contributed by atoms with E-state index in [-0.39, 0.29) is 13.2 Å². The molecule has 1 fully saturated rings. The fraction of sp³-hybridized carbons (Fsp3) is 0.357. The second kappa shape index (κ2) is 5.05. The van der Waals surface area contributed by atoms with Crippen molar-refractivity contribution in [1.29, 1.82) is 0 Å². The molecule has 6 heteroatoms. The van der Waals surface area contributed by atoms with Crippen molar-refractivity contribution < 1.29 is 24.2 Å². The first-order chi connectivity index (χ1) is 9.34. The van der Waals surface area contributed by atoms with E-state index in [0.29, 0.717) is 11.3 Å². The summed E-state index contributed by atoms with van der Waals surface area (Å²) < 4.78 is 4.84. The minimum Gasteiger partial charge on any atom is -0.481 e. The summed E-state index contributed by atoms with van der Waals surface area (Å²) in [6, 6.07) is 6.36. The summed E-state index contributed by atoms with van der Waals surface area (Å²) in [6.07, 6.45) is 0. The van der Waals surface area contributed by atoms with Gasteiger partial charge in [-0.05, 0) is 31.5 Å². The van der Waals surface area contributed by atoms with Crippen molar-refractivity contribution in [3.05, 3.63) is 29.8 Å². The monoisotopic (exact) mass is 277 g/mol. The molecule has 1 aromatic carbocycles. The lowest BCUT2D eigenvalue weighted by Gasteiger charge is -2.26. The molecular weight excluding hydrogens is 262 g/mol. The van der Waals surface area contributed by atoms with Gasteiger partial charge >= 0.3 is 5.97 Å². The molecule has 0 atom stereocenters. The summed E-state index contributed by atoms with van der Waals surface area (Å²) in [4.78, 5) is 35.6. The van der Waals surface area contributed by atoms with E-state index in [1.165, 1.54) is 0 Å². The number of morpholine rings is 1. The van der Waals surface area contributed by atoms with Crippen LogP contribution in [-0.4, -0.2) is 36.1 Å². The third-order valence-corrected chi connectivity index (χ3v) is 3.33. The van der Waals surface area contributed by atoms with Gasteiger partial charge in [0.15, 0.2) is 0 Å². The molecule has 1 heterocycles. The normalized spacial score (nSPS) is 16.4. The Hall–Kier alpha value is -2.21. The van der Waals surface area contributed by atoms with E-state index in [4.69, 9.17) is 9.84 Å². The molecule has 0 spiro atoms. The topological polar surface area (TPSA) is 83.9 Å². The third-order valence-electron chi connectivity index (χ3n) is 3.33. The van der Waals surface area contributed by atoms with E-state index >= 15 is 0 Å². The number of aliphatic carboxylic acids is 1. The molecule has 2 rings (SSSR count). The van der Waals surface area contributed by atoms with Gasteiger partial charge in [0.1, 0.15) is 13.2 Å². The molecule has 1 aliphatic rings. The molecule has 0 aromatic heterocycles. The smallest absolute Gasteiger partial charge is 0.313 e. The largest absolute Gasteiger partial charge is 0.481 e. The number of carboxylic acids is 1. The van der Waals surface area contributed by atoms with E-state index < -0.39 is 23.2 Å². The molecule has 106 valence electrons. The first-order valence-electron chi connectivity index (χ1n) is 6.11. The Labute approximate surface area is 115 Å². The Bertz CT molecular complexity index is 545. The van der Waals surface area contributed by atoms with E-state index in [0.717, 1.165) is 4.90 Å². The quantitative estimate of drug-likeness (QED) is 0.831. The Balaban J connectivity index is 2.30. The zero-order valence-electron chi connectivity index (χ0n) is 11.3. The van der Waals surface area contributed by atoms with Crippen LogP contribution in [-0.2, 0) is 24.5 Å². The zero-order chi connectivity index (χ0) is 14.9. The van der Waals surface area contributed by atoms with E-state index in [1.54, 1.807) is 38.1 Å². The lowest BCUT2D eigenvalue weighted by atomic mass is 9.85. The van der Waals surface area contributed by atoms with Gasteiger partial charge in [-0.3, -0.25) is 14.4 Å². The molecule has 0 saturated carbocycles. The second-order valence-electron chi connectivity index (χ2n) is 5.09. The summed E-state index contributed by atoms with van der Waals surface area (Å²) in [5.74, 6) is -1.79. The van der Waals surface area contributed by atoms with Crippen molar-refractivity contribution >= 4 is 23.5 Å². The molecule has 0 unspecified atom stereocenters. The van der Waals surface area contributed by atoms with Crippen LogP contribution in [0.2, 0.25) is 0 Å². The van der Waals surface area contributed by atoms with Crippen LogP contribution in [0.5, 0.6) is 0 Å². The SMILES string of the molecule is CC(C)(C(=O)O)c1ccc(N2C(=O)COCC2=O)cc1. The van der Waals surface area contributed by atoms with Crippen molar-refractivity contribution in [3.8, 4) is 0 Å². The molecule has 1 N–H and O–H groups in total. The number of ether oxygens (including phenoxy) is 1. The van der Waals surface area contributed by atoms with E-state index in [2.05, 4.69) is 0 Å². The van der Waals surface area contributed by atoms with Crippen LogP contribution < -0.4 is 4.90 Å². The van der Waals surface area contributed by atoms with Crippen LogP contribution in [0.4, 0.5) is 5.69 Å². The number of hydrogen-bond donors (Lipinski definition) is 1. The van der Waals surface area contributed by atoms with Crippen LogP contribution >= 0.6 is 0 Å². The first-order valence-corrected chi connectivity index (χ1v) is 6.11. The van der Waals surface area contributed by atoms with Gasteiger partial charge in [0.05, 0.1) is 11.1 Å². The van der Waals surface area contributed by atoms with Crippen LogP contribution in [0.3, 0.4) is 0 Å². The number of amides is 2. The molecule has 1 saturated heterocycles. The fourth-order valence-electron chi connectivity index (χ4n) is 1.93. The third kappa shape index (κ3) is 2.42. The molecule has 0 aliphatic carbocycles. The standard InChI is InChI=1S/C14H15NO5/c1-14(2,13(18)19)9-3-5-10(6-4-9)15-11(16)7-20-8-12(15)17/h3-6H,7-8H2,1-2H3,(H,18,19). The van der Waals surface area contributed by atoms with E-state index in [1.807, 2.05) is 0 Å². The molecular formula is C14H15NO5. The van der Waals surface area contributed by atoms with Gasteiger partial charge < -0.3 is 9.84 Å². The number of carbonyl (C=O) groups is 3. The maximum atomic E-state index is 11.7. The van der Waals surface area contributed by atoms with Crippen LogP contribution in [0, 0.1) is 0 Å². The number of rotatable bonds is 3. The molecule has 2 amide bonds. The van der Waals surface area contributed by atoms with Gasteiger partial charge in [-0.15, -0.1) is 0 Å². The Morgan fingerprint density at radius 3 is 2.10 bits per heavy atom. The van der Waals surface area contributed by atoms with Crippen molar-refractivity contribution in [3.63, 3.8) is 0 Å². The number of nitrogens with zero attached hydrogens (tertiary/aromatic N) is 1. The fourth-order valence-corrected chi connectivity index (χ4v) is 1.93. The number of carboxylic acid groups (broad SMARTS) is 1. The van der Waals surface area contributed by atoms with Crippen LogP contribution in [0.15, 0.2) is 24.3 Å². The van der Waals surface area contributed by atoms with Gasteiger partial charge in [-0.25, -0.2) is 4.90 Å². The van der Waals surface area contributed by atoms with Gasteiger partial charge in [0.2, 0.25) is 0 Å². The average molecular weight is 277 g/mol. The maximum Gasteiger partial charge on any atom is 0.313 e. The molecule has 20 heavy (non-hydrogen) atoms. The van der Waals surface area contributed by atoms with Crippen LogP contribution in [0.1, 0.15) is 19.4 Å². The molecule has 1 aliphatic heterocycles. The second-order valence-corrected chi connectivity index (χ2v) is 5.09. The number of carbonyl (C=O) groups excluding carboxylic acids is 2. The minimum atomic E-state index is -1.03. The zero-order valence-corrected chi connectivity index (χ0v) is 11.3. The molecule has 6 nitrogen and oxygen atoms in total. The van der Waals surface area contributed by atoms with Gasteiger partial charge in [-0.1, -0.05) is 12.1 Å². The molecule has 1 aromatic rings. The summed E-state index contributed by atoms with van der Waals surface area (Å²) in [6.45, 7) is 2.92. The highest BCUT2D eigenvalue weighted by Crippen LogP contribution is 2.26. The predicted octanol–water partition coefficient (Wildman–Crippen LogP) is 0.939. The van der Waals surface area contributed by atoms with E-state index in [9.17, 15) is 14.4 Å². The predicted molar refractivity (Wildman–Crippen MR) is 70.4 cm³/mol. The average Bonchev–Trinajstić information content (AvgIpc) is 2.39. The highest BCUT2D eigenvalue weighted by molar-refractivity contribution is 6.17. The summed E-state index contributed by atoms with van der Waals surface area (Å²) in [5, 5.41) is 9.16. The van der Waals surface area contributed by atoms with Crippen molar-refractivity contribution in [2.75, 3.05) is 18.1 Å². The van der Waals surface area contributed by atoms with Crippen molar-refractivity contribution in [2.45, 2.75) is 19.3 Å².